The number of aryl methyl sites for hydroxylation is 3. The van der Waals surface area contributed by atoms with Crippen molar-refractivity contribution < 1.29 is 0 Å². The summed E-state index contributed by atoms with van der Waals surface area (Å²) >= 11 is 1.59. The van der Waals surface area contributed by atoms with E-state index in [4.69, 9.17) is 16.1 Å². The van der Waals surface area contributed by atoms with E-state index in [0.29, 0.717) is 0 Å². The average Bonchev–Trinajstić information content (AvgIpc) is 2.48. The minimum atomic E-state index is 0.102. The van der Waals surface area contributed by atoms with Crippen molar-refractivity contribution in [1.29, 1.82) is 5.41 Å². The first-order valence-corrected chi connectivity index (χ1v) is 8.07. The van der Waals surface area contributed by atoms with E-state index in [9.17, 15) is 0 Å². The second kappa shape index (κ2) is 5.90. The van der Waals surface area contributed by atoms with Crippen LogP contribution in [0.15, 0.2) is 40.3 Å². The van der Waals surface area contributed by atoms with E-state index in [1.54, 1.807) is 11.8 Å². The molecule has 21 heavy (non-hydrogen) atoms. The Bertz CT molecular complexity index is 677. The van der Waals surface area contributed by atoms with Gasteiger partial charge in [0.2, 0.25) is 0 Å². The molecule has 1 heterocycles. The largest absolute Gasteiger partial charge is 0.384 e. The van der Waals surface area contributed by atoms with Gasteiger partial charge in [0.25, 0.3) is 0 Å². The van der Waals surface area contributed by atoms with Crippen LogP contribution in [-0.4, -0.2) is 10.8 Å². The first-order valence-electron chi connectivity index (χ1n) is 7.25. The summed E-state index contributed by atoms with van der Waals surface area (Å²) in [6.07, 6.45) is 4.50. The van der Waals surface area contributed by atoms with Crippen LogP contribution < -0.4 is 5.73 Å². The third-order valence-electron chi connectivity index (χ3n) is 3.79. The highest BCUT2D eigenvalue weighted by Gasteiger charge is 2.17. The van der Waals surface area contributed by atoms with Crippen LogP contribution in [0.4, 0.5) is 0 Å². The number of nitrogens with two attached hydrogens (primary N) is 1. The van der Waals surface area contributed by atoms with Gasteiger partial charge in [0.1, 0.15) is 10.9 Å². The zero-order chi connectivity index (χ0) is 14.8. The molecule has 0 saturated heterocycles. The van der Waals surface area contributed by atoms with Crippen LogP contribution in [0, 0.1) is 12.3 Å². The average molecular weight is 297 g/mol. The maximum Gasteiger partial charge on any atom is 0.125 e. The summed E-state index contributed by atoms with van der Waals surface area (Å²) < 4.78 is 0. The van der Waals surface area contributed by atoms with Crippen LogP contribution in [0.3, 0.4) is 0 Å². The number of hydrogen-bond donors (Lipinski definition) is 2. The molecule has 3 nitrogen and oxygen atoms in total. The summed E-state index contributed by atoms with van der Waals surface area (Å²) in [4.78, 5) is 5.93. The molecule has 3 N–H and O–H groups in total. The molecular formula is C17H19N3S. The molecule has 108 valence electrons. The summed E-state index contributed by atoms with van der Waals surface area (Å²) in [6, 6.07) is 10.4. The number of fused-ring (bicyclic) bond motifs is 1. The Hall–Kier alpha value is -1.81. The number of nitrogen functional groups attached to an aromatic ring is 1. The molecule has 1 aliphatic rings. The second-order valence-electron chi connectivity index (χ2n) is 5.48. The number of amidine groups is 1. The lowest BCUT2D eigenvalue weighted by Gasteiger charge is -2.18. The fraction of sp³-hybridized carbons (Fsp3) is 0.294. The third-order valence-corrected chi connectivity index (χ3v) is 4.80. The summed E-state index contributed by atoms with van der Waals surface area (Å²) in [5, 5.41) is 8.67. The third kappa shape index (κ3) is 3.10. The molecule has 0 saturated carbocycles. The Balaban J connectivity index is 1.99. The second-order valence-corrected chi connectivity index (χ2v) is 6.55. The van der Waals surface area contributed by atoms with Crippen molar-refractivity contribution in [2.24, 2.45) is 5.73 Å². The van der Waals surface area contributed by atoms with Gasteiger partial charge in [0.15, 0.2) is 0 Å². The van der Waals surface area contributed by atoms with Crippen molar-refractivity contribution in [2.75, 3.05) is 0 Å². The molecule has 1 aromatic heterocycles. The zero-order valence-electron chi connectivity index (χ0n) is 12.1. The minimum absolute atomic E-state index is 0.102. The van der Waals surface area contributed by atoms with Gasteiger partial charge >= 0.3 is 0 Å². The number of nitrogens with zero attached hydrogens (tertiary/aromatic N) is 1. The number of hydrogen-bond acceptors (Lipinski definition) is 3. The van der Waals surface area contributed by atoms with E-state index in [1.165, 1.54) is 29.7 Å². The first-order chi connectivity index (χ1) is 10.1. The zero-order valence-corrected chi connectivity index (χ0v) is 13.0. The first kappa shape index (κ1) is 14.1. The number of aromatic nitrogens is 1. The lowest BCUT2D eigenvalue weighted by molar-refractivity contribution is 0.660. The molecule has 0 fully saturated rings. The summed E-state index contributed by atoms with van der Waals surface area (Å²) in [7, 11) is 0. The maximum atomic E-state index is 7.82. The maximum absolute atomic E-state index is 7.82. The van der Waals surface area contributed by atoms with Gasteiger partial charge in [-0.2, -0.15) is 0 Å². The van der Waals surface area contributed by atoms with E-state index >= 15 is 0 Å². The predicted molar refractivity (Wildman–Crippen MR) is 87.2 cm³/mol. The highest BCUT2D eigenvalue weighted by Crippen LogP contribution is 2.32. The molecule has 4 heteroatoms. The topological polar surface area (TPSA) is 62.8 Å². The van der Waals surface area contributed by atoms with Gasteiger partial charge in [0.05, 0.1) is 0 Å². The molecule has 0 spiro atoms. The normalized spacial score (nSPS) is 13.8. The molecule has 0 radical (unpaired) electrons. The fourth-order valence-electron chi connectivity index (χ4n) is 2.60. The fourth-order valence-corrected chi connectivity index (χ4v) is 3.53. The molecular weight excluding hydrogens is 278 g/mol. The van der Waals surface area contributed by atoms with E-state index in [0.717, 1.165) is 28.3 Å². The Morgan fingerprint density at radius 2 is 1.90 bits per heavy atom. The molecule has 0 amide bonds. The Kier molecular flexibility index (Phi) is 3.97. The Morgan fingerprint density at radius 3 is 2.62 bits per heavy atom. The van der Waals surface area contributed by atoms with Gasteiger partial charge < -0.3 is 5.73 Å². The highest BCUT2D eigenvalue weighted by molar-refractivity contribution is 7.99. The summed E-state index contributed by atoms with van der Waals surface area (Å²) in [6.45, 7) is 2.08. The molecule has 1 aromatic carbocycles. The quantitative estimate of drug-likeness (QED) is 0.670. The van der Waals surface area contributed by atoms with E-state index in [-0.39, 0.29) is 5.84 Å². The van der Waals surface area contributed by atoms with Crippen molar-refractivity contribution >= 4 is 17.6 Å². The number of pyridine rings is 1. The molecule has 0 aliphatic heterocycles. The van der Waals surface area contributed by atoms with Gasteiger partial charge in [-0.05, 0) is 56.4 Å². The van der Waals surface area contributed by atoms with Crippen molar-refractivity contribution in [1.82, 2.24) is 4.98 Å². The van der Waals surface area contributed by atoms with Crippen molar-refractivity contribution in [3.05, 3.63) is 52.7 Å². The van der Waals surface area contributed by atoms with E-state index in [2.05, 4.69) is 37.3 Å². The van der Waals surface area contributed by atoms with Gasteiger partial charge in [-0.3, -0.25) is 5.41 Å². The molecule has 2 aromatic rings. The van der Waals surface area contributed by atoms with Crippen LogP contribution in [-0.2, 0) is 12.8 Å². The Labute approximate surface area is 129 Å². The van der Waals surface area contributed by atoms with Crippen LogP contribution in [0.25, 0.3) is 0 Å². The summed E-state index contributed by atoms with van der Waals surface area (Å²) in [5.41, 5.74) is 10.2. The molecule has 1 aliphatic carbocycles. The Morgan fingerprint density at radius 1 is 1.19 bits per heavy atom. The number of nitrogens with one attached hydrogen (secondary N) is 1. The molecule has 0 bridgehead atoms. The van der Waals surface area contributed by atoms with Gasteiger partial charge in [0, 0.05) is 16.2 Å². The van der Waals surface area contributed by atoms with Gasteiger partial charge in [-0.15, -0.1) is 0 Å². The van der Waals surface area contributed by atoms with E-state index < -0.39 is 0 Å². The van der Waals surface area contributed by atoms with Crippen LogP contribution in [0.5, 0.6) is 0 Å². The van der Waals surface area contributed by atoms with Gasteiger partial charge in [-0.25, -0.2) is 4.98 Å². The van der Waals surface area contributed by atoms with Crippen molar-refractivity contribution in [2.45, 2.75) is 42.5 Å². The lowest BCUT2D eigenvalue weighted by atomic mass is 9.95. The van der Waals surface area contributed by atoms with Crippen LogP contribution in [0.2, 0.25) is 0 Å². The lowest BCUT2D eigenvalue weighted by Crippen LogP contribution is -2.16. The van der Waals surface area contributed by atoms with Crippen LogP contribution >= 0.6 is 11.8 Å². The SMILES string of the molecule is Cc1ccc(Sc2nc3c(cc2C(=N)N)CCCC3)cc1. The molecule has 0 atom stereocenters. The van der Waals surface area contributed by atoms with Crippen molar-refractivity contribution in [3.63, 3.8) is 0 Å². The monoisotopic (exact) mass is 297 g/mol. The van der Waals surface area contributed by atoms with Gasteiger partial charge in [-0.1, -0.05) is 29.5 Å². The smallest absolute Gasteiger partial charge is 0.125 e. The predicted octanol–water partition coefficient (Wildman–Crippen LogP) is 3.70. The summed E-state index contributed by atoms with van der Waals surface area (Å²) in [5.74, 6) is 0.102. The number of rotatable bonds is 3. The standard InChI is InChI=1S/C17H19N3S/c1-11-6-8-13(9-7-11)21-17-14(16(18)19)10-12-4-2-3-5-15(12)20-17/h6-10H,2-5H2,1H3,(H3,18,19). The van der Waals surface area contributed by atoms with Crippen molar-refractivity contribution in [3.8, 4) is 0 Å². The molecule has 0 unspecified atom stereocenters. The number of benzene rings is 1. The van der Waals surface area contributed by atoms with E-state index in [1.807, 2.05) is 0 Å². The highest BCUT2D eigenvalue weighted by atomic mass is 32.2. The molecule has 3 rings (SSSR count). The minimum Gasteiger partial charge on any atom is -0.384 e. The van der Waals surface area contributed by atoms with Crippen LogP contribution in [0.1, 0.15) is 35.2 Å².